The van der Waals surface area contributed by atoms with Crippen LogP contribution in [0.3, 0.4) is 0 Å². The quantitative estimate of drug-likeness (QED) is 0.0473. The van der Waals surface area contributed by atoms with Crippen molar-refractivity contribution in [1.82, 2.24) is 0 Å². The SMILES string of the molecule is Cc1cc(C(=O)Nc2ccc3c(O)c(N=Nc4ccccc4C(=O)O)c(S(=O)(=O)O)cc3c2)ccc1N=Nc1c(S(=O)(=O)O)cc2cc(NC(=O)c3ccccc3)ccc2c1O. The van der Waals surface area contributed by atoms with Gasteiger partial charge in [-0.25, -0.2) is 4.79 Å². The fourth-order valence-electron chi connectivity index (χ4n) is 6.30. The van der Waals surface area contributed by atoms with Crippen LogP contribution in [0, 0.1) is 6.92 Å². The Hall–Kier alpha value is -7.91. The van der Waals surface area contributed by atoms with Crippen LogP contribution in [0.1, 0.15) is 36.6 Å². The van der Waals surface area contributed by atoms with Gasteiger partial charge in [-0.15, -0.1) is 15.3 Å². The normalized spacial score (nSPS) is 12.0. The third-order valence-electron chi connectivity index (χ3n) is 9.32. The molecule has 0 aromatic heterocycles. The molecule has 0 atom stereocenters. The highest BCUT2D eigenvalue weighted by Crippen LogP contribution is 2.44. The Morgan fingerprint density at radius 3 is 1.52 bits per heavy atom. The van der Waals surface area contributed by atoms with Gasteiger partial charge in [-0.05, 0) is 114 Å². The van der Waals surface area contributed by atoms with Crippen LogP contribution in [0.15, 0.2) is 152 Å². The fraction of sp³-hybridized carbons (Fsp3) is 0.0238. The maximum Gasteiger partial charge on any atom is 0.337 e. The Morgan fingerprint density at radius 1 is 0.532 bits per heavy atom. The van der Waals surface area contributed by atoms with Crippen LogP contribution in [0.25, 0.3) is 21.5 Å². The average molecular weight is 875 g/mol. The van der Waals surface area contributed by atoms with Gasteiger partial charge < -0.3 is 26.0 Å². The van der Waals surface area contributed by atoms with Crippen molar-refractivity contribution in [2.45, 2.75) is 16.7 Å². The largest absolute Gasteiger partial charge is 0.505 e. The number of carboxylic acids is 1. The summed E-state index contributed by atoms with van der Waals surface area (Å²) in [6, 6.07) is 28.5. The summed E-state index contributed by atoms with van der Waals surface area (Å²) in [5.41, 5.74) is -0.182. The van der Waals surface area contributed by atoms with Crippen molar-refractivity contribution in [3.63, 3.8) is 0 Å². The first-order valence-corrected chi connectivity index (χ1v) is 20.8. The second-order valence-corrected chi connectivity index (χ2v) is 16.2. The average Bonchev–Trinajstić information content (AvgIpc) is 3.22. The molecule has 2 amide bonds. The van der Waals surface area contributed by atoms with E-state index in [9.17, 15) is 55.6 Å². The van der Waals surface area contributed by atoms with Crippen LogP contribution in [-0.2, 0) is 20.2 Å². The molecule has 0 unspecified atom stereocenters. The summed E-state index contributed by atoms with van der Waals surface area (Å²) in [4.78, 5) is 36.0. The van der Waals surface area contributed by atoms with Gasteiger partial charge in [0.25, 0.3) is 32.1 Å². The van der Waals surface area contributed by atoms with Crippen LogP contribution in [0.4, 0.5) is 34.1 Å². The van der Waals surface area contributed by atoms with E-state index in [-0.39, 0.29) is 55.4 Å². The zero-order valence-electron chi connectivity index (χ0n) is 31.7. The Morgan fingerprint density at radius 2 is 1.02 bits per heavy atom. The molecule has 18 nitrogen and oxygen atoms in total. The summed E-state index contributed by atoms with van der Waals surface area (Å²) in [6.07, 6.45) is 0. The van der Waals surface area contributed by atoms with Gasteiger partial charge in [-0.1, -0.05) is 30.3 Å². The van der Waals surface area contributed by atoms with Gasteiger partial charge in [0.15, 0.2) is 11.5 Å². The lowest BCUT2D eigenvalue weighted by Gasteiger charge is -2.12. The molecule has 7 aromatic carbocycles. The van der Waals surface area contributed by atoms with Crippen molar-refractivity contribution >= 4 is 93.7 Å². The Balaban J connectivity index is 1.13. The molecular weight excluding hydrogens is 845 g/mol. The number of carbonyl (C=O) groups is 3. The van der Waals surface area contributed by atoms with Crippen LogP contribution in [-0.4, -0.2) is 59.0 Å². The number of carbonyl (C=O) groups excluding carboxylic acids is 2. The summed E-state index contributed by atoms with van der Waals surface area (Å²) in [7, 11) is -10.00. The molecule has 312 valence electrons. The van der Waals surface area contributed by atoms with E-state index < -0.39 is 70.7 Å². The number of fused-ring (bicyclic) bond motifs is 2. The minimum absolute atomic E-state index is 0.0492. The molecule has 20 heteroatoms. The van der Waals surface area contributed by atoms with E-state index in [0.717, 1.165) is 12.1 Å². The van der Waals surface area contributed by atoms with Crippen molar-refractivity contribution in [2.75, 3.05) is 10.6 Å². The molecule has 0 spiro atoms. The maximum atomic E-state index is 13.3. The van der Waals surface area contributed by atoms with E-state index in [2.05, 4.69) is 31.1 Å². The molecule has 62 heavy (non-hydrogen) atoms. The summed E-state index contributed by atoms with van der Waals surface area (Å²) >= 11 is 0. The second kappa shape index (κ2) is 16.6. The third-order valence-corrected chi connectivity index (χ3v) is 11.1. The number of hydrogen-bond acceptors (Lipinski definition) is 13. The molecule has 0 saturated heterocycles. The number of carboxylic acid groups (broad SMARTS) is 1. The molecule has 0 aliphatic rings. The number of benzene rings is 7. The molecule has 0 aliphatic carbocycles. The highest BCUT2D eigenvalue weighted by Gasteiger charge is 2.24. The number of phenolic OH excluding ortho intramolecular Hbond substituents is 2. The molecule has 0 radical (unpaired) electrons. The van der Waals surface area contributed by atoms with Crippen molar-refractivity contribution in [3.05, 3.63) is 144 Å². The molecule has 0 bridgehead atoms. The summed E-state index contributed by atoms with van der Waals surface area (Å²) < 4.78 is 69.8. The van der Waals surface area contributed by atoms with Gasteiger partial charge in [0.2, 0.25) is 0 Å². The first kappa shape index (κ1) is 42.2. The van der Waals surface area contributed by atoms with Crippen molar-refractivity contribution in [2.24, 2.45) is 20.5 Å². The number of azo groups is 2. The van der Waals surface area contributed by atoms with Gasteiger partial charge in [-0.2, -0.15) is 21.9 Å². The molecule has 7 rings (SSSR count). The lowest BCUT2D eigenvalue weighted by molar-refractivity contribution is 0.0697. The van der Waals surface area contributed by atoms with E-state index >= 15 is 0 Å². The van der Waals surface area contributed by atoms with Crippen LogP contribution < -0.4 is 10.6 Å². The maximum absolute atomic E-state index is 13.3. The molecule has 0 heterocycles. The zero-order valence-corrected chi connectivity index (χ0v) is 33.4. The number of aryl methyl sites for hydroxylation is 1. The van der Waals surface area contributed by atoms with Crippen molar-refractivity contribution in [3.8, 4) is 11.5 Å². The zero-order chi connectivity index (χ0) is 44.5. The summed E-state index contributed by atoms with van der Waals surface area (Å²) in [5.74, 6) is -3.73. The molecular formula is C42H30N6O12S2. The lowest BCUT2D eigenvalue weighted by atomic mass is 10.1. The molecule has 0 fully saturated rings. The highest BCUT2D eigenvalue weighted by molar-refractivity contribution is 7.86. The molecule has 0 aliphatic heterocycles. The number of rotatable bonds is 11. The van der Waals surface area contributed by atoms with Gasteiger partial charge in [0.05, 0.1) is 11.3 Å². The second-order valence-electron chi connectivity index (χ2n) is 13.5. The number of phenols is 2. The Labute approximate surface area is 351 Å². The molecule has 0 saturated carbocycles. The summed E-state index contributed by atoms with van der Waals surface area (Å²) in [5, 5.41) is 53.0. The highest BCUT2D eigenvalue weighted by atomic mass is 32.2. The van der Waals surface area contributed by atoms with Gasteiger partial charge in [-0.3, -0.25) is 18.7 Å². The molecule has 7 aromatic rings. The first-order valence-electron chi connectivity index (χ1n) is 17.9. The van der Waals surface area contributed by atoms with Crippen molar-refractivity contribution < 1.29 is 55.6 Å². The minimum Gasteiger partial charge on any atom is -0.505 e. The number of anilines is 2. The van der Waals surface area contributed by atoms with E-state index in [0.29, 0.717) is 11.1 Å². The lowest BCUT2D eigenvalue weighted by Crippen LogP contribution is -2.12. The number of nitrogens with zero attached hydrogens (tertiary/aromatic N) is 4. The van der Waals surface area contributed by atoms with E-state index in [1.54, 1.807) is 37.3 Å². The number of nitrogens with one attached hydrogen (secondary N) is 2. The van der Waals surface area contributed by atoms with E-state index in [1.165, 1.54) is 78.9 Å². The molecule has 7 N–H and O–H groups in total. The van der Waals surface area contributed by atoms with Crippen LogP contribution in [0.5, 0.6) is 11.5 Å². The number of hydrogen-bond donors (Lipinski definition) is 7. The Kier molecular flexibility index (Phi) is 11.3. The minimum atomic E-state index is -5.03. The standard InChI is InChI=1S/C42H30N6O12S2/c1-22-17-24(41(52)44-28-13-15-30-26(19-28)21-35(62(58,59)60)37(39(30)50)48-46-33-10-6-5-9-31(33)42(53)54)11-16-32(22)45-47-36-34(61(55,56)57)20-25-18-27(12-14-29(25)38(36)49)43-40(51)23-7-3-2-4-8-23/h2-21,49-50H,1H3,(H,43,51)(H,44,52)(H,53,54)(H,55,56,57)(H,58,59,60). The predicted molar refractivity (Wildman–Crippen MR) is 226 cm³/mol. The topological polar surface area (TPSA) is 294 Å². The Bertz CT molecular complexity index is 3300. The summed E-state index contributed by atoms with van der Waals surface area (Å²) in [6.45, 7) is 1.57. The van der Waals surface area contributed by atoms with Crippen molar-refractivity contribution in [1.29, 1.82) is 0 Å². The first-order chi connectivity index (χ1) is 29.4. The smallest absolute Gasteiger partial charge is 0.337 e. The van der Waals surface area contributed by atoms with Crippen LogP contribution in [0.2, 0.25) is 0 Å². The fourth-order valence-corrected chi connectivity index (χ4v) is 7.62. The third kappa shape index (κ3) is 8.83. The van der Waals surface area contributed by atoms with Crippen LogP contribution >= 0.6 is 0 Å². The van der Waals surface area contributed by atoms with E-state index in [1.807, 2.05) is 0 Å². The number of aromatic carboxylic acids is 1. The number of aromatic hydroxyl groups is 2. The number of amides is 2. The monoisotopic (exact) mass is 874 g/mol. The van der Waals surface area contributed by atoms with E-state index in [4.69, 9.17) is 0 Å². The van der Waals surface area contributed by atoms with Gasteiger partial charge in [0.1, 0.15) is 26.9 Å². The van der Waals surface area contributed by atoms with Gasteiger partial charge >= 0.3 is 5.97 Å². The predicted octanol–water partition coefficient (Wildman–Crippen LogP) is 9.24. The van der Waals surface area contributed by atoms with Gasteiger partial charge in [0, 0.05) is 33.3 Å².